The molecule has 2 heterocycles. The second-order valence-electron chi connectivity index (χ2n) is 5.24. The van der Waals surface area contributed by atoms with Gasteiger partial charge in [-0.15, -0.1) is 0 Å². The number of hydrogen-bond donors (Lipinski definition) is 2. The summed E-state index contributed by atoms with van der Waals surface area (Å²) in [7, 11) is 0. The third-order valence-corrected chi connectivity index (χ3v) is 3.90. The summed E-state index contributed by atoms with van der Waals surface area (Å²) in [6.45, 7) is 4.44. The predicted molar refractivity (Wildman–Crippen MR) is 64.2 cm³/mol. The molecular weight excluding hydrogens is 236 g/mol. The van der Waals surface area contributed by atoms with Gasteiger partial charge in [0.05, 0.1) is 13.2 Å². The number of aliphatic carboxylic acids is 1. The lowest BCUT2D eigenvalue weighted by atomic mass is 9.79. The second kappa shape index (κ2) is 5.24. The Morgan fingerprint density at radius 3 is 2.67 bits per heavy atom. The van der Waals surface area contributed by atoms with E-state index in [0.29, 0.717) is 13.2 Å². The number of hydrogen-bond acceptors (Lipinski definition) is 4. The molecule has 1 amide bonds. The summed E-state index contributed by atoms with van der Waals surface area (Å²) in [6, 6.07) is -0.835. The van der Waals surface area contributed by atoms with Gasteiger partial charge in [0.2, 0.25) is 5.91 Å². The normalized spacial score (nSPS) is 27.8. The van der Waals surface area contributed by atoms with Crippen molar-refractivity contribution in [2.45, 2.75) is 25.8 Å². The molecule has 0 bridgehead atoms. The zero-order valence-electron chi connectivity index (χ0n) is 10.6. The largest absolute Gasteiger partial charge is 0.480 e. The van der Waals surface area contributed by atoms with E-state index in [2.05, 4.69) is 5.32 Å². The van der Waals surface area contributed by atoms with Crippen molar-refractivity contribution >= 4 is 11.9 Å². The number of morpholine rings is 1. The van der Waals surface area contributed by atoms with Gasteiger partial charge >= 0.3 is 5.97 Å². The van der Waals surface area contributed by atoms with Crippen molar-refractivity contribution in [2.75, 3.05) is 32.8 Å². The van der Waals surface area contributed by atoms with Crippen LogP contribution in [0.2, 0.25) is 0 Å². The van der Waals surface area contributed by atoms with Gasteiger partial charge in [0, 0.05) is 12.0 Å². The number of carbonyl (C=O) groups is 2. The first-order valence-corrected chi connectivity index (χ1v) is 6.37. The fourth-order valence-corrected chi connectivity index (χ4v) is 2.59. The fourth-order valence-electron chi connectivity index (χ4n) is 2.59. The Bertz CT molecular complexity index is 339. The lowest BCUT2D eigenvalue weighted by molar-refractivity contribution is -0.164. The number of nitrogens with zero attached hydrogens (tertiary/aromatic N) is 1. The average Bonchev–Trinajstić information content (AvgIpc) is 2.38. The highest BCUT2D eigenvalue weighted by Crippen LogP contribution is 2.31. The van der Waals surface area contributed by atoms with Gasteiger partial charge in [-0.1, -0.05) is 6.92 Å². The smallest absolute Gasteiger partial charge is 0.328 e. The summed E-state index contributed by atoms with van der Waals surface area (Å²) < 4.78 is 5.16. The minimum atomic E-state index is -0.986. The first-order chi connectivity index (χ1) is 8.54. The molecular formula is C12H20N2O4. The maximum atomic E-state index is 12.6. The number of ether oxygens (including phenoxy) is 1. The van der Waals surface area contributed by atoms with Crippen LogP contribution >= 0.6 is 0 Å². The first-order valence-electron chi connectivity index (χ1n) is 6.37. The maximum Gasteiger partial charge on any atom is 0.328 e. The molecule has 0 saturated carbocycles. The third-order valence-electron chi connectivity index (χ3n) is 3.90. The van der Waals surface area contributed by atoms with E-state index in [4.69, 9.17) is 9.84 Å². The molecule has 0 aromatic rings. The minimum Gasteiger partial charge on any atom is -0.480 e. The fraction of sp³-hybridized carbons (Fsp3) is 0.833. The molecule has 6 heteroatoms. The molecule has 2 aliphatic rings. The molecule has 0 aliphatic carbocycles. The van der Waals surface area contributed by atoms with Gasteiger partial charge < -0.3 is 20.1 Å². The topological polar surface area (TPSA) is 78.9 Å². The summed E-state index contributed by atoms with van der Waals surface area (Å²) in [5.41, 5.74) is -0.434. The van der Waals surface area contributed by atoms with Crippen molar-refractivity contribution in [3.05, 3.63) is 0 Å². The van der Waals surface area contributed by atoms with E-state index in [1.165, 1.54) is 4.90 Å². The predicted octanol–water partition coefficient (Wildman–Crippen LogP) is -0.312. The molecule has 2 N–H and O–H groups in total. The Morgan fingerprint density at radius 2 is 2.06 bits per heavy atom. The Balaban J connectivity index is 2.12. The number of rotatable bonds is 2. The molecule has 2 aliphatic heterocycles. The highest BCUT2D eigenvalue weighted by atomic mass is 16.5. The molecule has 18 heavy (non-hydrogen) atoms. The van der Waals surface area contributed by atoms with Gasteiger partial charge in [0.1, 0.15) is 0 Å². The van der Waals surface area contributed by atoms with Crippen LogP contribution in [0.25, 0.3) is 0 Å². The Labute approximate surface area is 106 Å². The van der Waals surface area contributed by atoms with Gasteiger partial charge in [0.25, 0.3) is 0 Å². The van der Waals surface area contributed by atoms with Crippen LogP contribution in [0, 0.1) is 5.41 Å². The Morgan fingerprint density at radius 1 is 1.39 bits per heavy atom. The van der Waals surface area contributed by atoms with Crippen LogP contribution in [0.1, 0.15) is 19.8 Å². The lowest BCUT2D eigenvalue weighted by Crippen LogP contribution is -2.57. The monoisotopic (exact) mass is 256 g/mol. The van der Waals surface area contributed by atoms with Gasteiger partial charge in [-0.05, 0) is 25.9 Å². The van der Waals surface area contributed by atoms with E-state index in [-0.39, 0.29) is 12.5 Å². The van der Waals surface area contributed by atoms with Gasteiger partial charge in [0.15, 0.2) is 6.04 Å². The maximum absolute atomic E-state index is 12.6. The van der Waals surface area contributed by atoms with E-state index in [0.717, 1.165) is 25.9 Å². The molecule has 2 saturated heterocycles. The van der Waals surface area contributed by atoms with Crippen LogP contribution < -0.4 is 5.32 Å². The molecule has 0 aromatic heterocycles. The van der Waals surface area contributed by atoms with Gasteiger partial charge in [-0.2, -0.15) is 0 Å². The SMILES string of the molecule is CC1(C(=O)N2CCOCC2C(=O)O)CCNCC1. The molecule has 102 valence electrons. The van der Waals surface area contributed by atoms with Gasteiger partial charge in [-0.3, -0.25) is 4.79 Å². The number of nitrogens with one attached hydrogen (secondary N) is 1. The van der Waals surface area contributed by atoms with Crippen molar-refractivity contribution in [3.8, 4) is 0 Å². The number of carboxylic acid groups (broad SMARTS) is 1. The number of carbonyl (C=O) groups excluding carboxylic acids is 1. The van der Waals surface area contributed by atoms with E-state index in [1.807, 2.05) is 6.92 Å². The molecule has 0 spiro atoms. The average molecular weight is 256 g/mol. The van der Waals surface area contributed by atoms with E-state index in [9.17, 15) is 9.59 Å². The van der Waals surface area contributed by atoms with Crippen LogP contribution in [0.3, 0.4) is 0 Å². The van der Waals surface area contributed by atoms with Crippen molar-refractivity contribution in [1.82, 2.24) is 10.2 Å². The molecule has 1 unspecified atom stereocenters. The molecule has 0 aromatic carbocycles. The van der Waals surface area contributed by atoms with E-state index >= 15 is 0 Å². The van der Waals surface area contributed by atoms with Crippen LogP contribution in [-0.4, -0.2) is 60.8 Å². The van der Waals surface area contributed by atoms with Crippen molar-refractivity contribution < 1.29 is 19.4 Å². The van der Waals surface area contributed by atoms with Crippen molar-refractivity contribution in [1.29, 1.82) is 0 Å². The Hall–Kier alpha value is -1.14. The van der Waals surface area contributed by atoms with Gasteiger partial charge in [-0.25, -0.2) is 4.79 Å². The highest BCUT2D eigenvalue weighted by Gasteiger charge is 2.42. The second-order valence-corrected chi connectivity index (χ2v) is 5.24. The summed E-state index contributed by atoms with van der Waals surface area (Å²) >= 11 is 0. The summed E-state index contributed by atoms with van der Waals surface area (Å²) in [6.07, 6.45) is 1.52. The molecule has 2 rings (SSSR count). The van der Waals surface area contributed by atoms with E-state index in [1.54, 1.807) is 0 Å². The number of piperidine rings is 1. The van der Waals surface area contributed by atoms with Crippen LogP contribution in [0.4, 0.5) is 0 Å². The van der Waals surface area contributed by atoms with E-state index < -0.39 is 17.4 Å². The summed E-state index contributed by atoms with van der Waals surface area (Å²) in [4.78, 5) is 25.2. The quantitative estimate of drug-likeness (QED) is 0.708. The zero-order valence-corrected chi connectivity index (χ0v) is 10.6. The number of carboxylic acids is 1. The third kappa shape index (κ3) is 2.49. The van der Waals surface area contributed by atoms with Crippen LogP contribution in [-0.2, 0) is 14.3 Å². The van der Waals surface area contributed by atoms with Crippen molar-refractivity contribution in [3.63, 3.8) is 0 Å². The standard InChI is InChI=1S/C12H20N2O4/c1-12(2-4-13-5-3-12)11(17)14-6-7-18-8-9(14)10(15)16/h9,13H,2-8H2,1H3,(H,15,16). The lowest BCUT2D eigenvalue weighted by Gasteiger charge is -2.41. The minimum absolute atomic E-state index is 0.0419. The highest BCUT2D eigenvalue weighted by molar-refractivity contribution is 5.87. The molecule has 1 atom stereocenters. The van der Waals surface area contributed by atoms with Crippen LogP contribution in [0.15, 0.2) is 0 Å². The first kappa shape index (κ1) is 13.3. The van der Waals surface area contributed by atoms with Crippen LogP contribution in [0.5, 0.6) is 0 Å². The molecule has 6 nitrogen and oxygen atoms in total. The summed E-state index contributed by atoms with van der Waals surface area (Å²) in [5.74, 6) is -1.03. The molecule has 2 fully saturated rings. The zero-order chi connectivity index (χ0) is 13.2. The Kier molecular flexibility index (Phi) is 3.87. The molecule has 0 radical (unpaired) electrons. The van der Waals surface area contributed by atoms with Crippen molar-refractivity contribution in [2.24, 2.45) is 5.41 Å². The summed E-state index contributed by atoms with van der Waals surface area (Å²) in [5, 5.41) is 12.4. The number of amides is 1.